The zero-order valence-corrected chi connectivity index (χ0v) is 20.6. The standard InChI is InChI=1S/C28H32ClNO5/c29-22-10-8-21(9-11-22)28(16-2-17-28)27(34)30-18-1-3-25(31)19-4-12-23(13-5-19)35-24-14-6-20(7-15-24)26(32)33/h4-5,8-13,20,24H,1-3,6-7,14-18H2,(H,30,34)(H,32,33). The smallest absolute Gasteiger partial charge is 0.306 e. The maximum Gasteiger partial charge on any atom is 0.306 e. The molecule has 0 atom stereocenters. The Labute approximate surface area is 211 Å². The molecule has 0 radical (unpaired) electrons. The van der Waals surface area contributed by atoms with Gasteiger partial charge in [0.1, 0.15) is 5.75 Å². The molecule has 2 aromatic rings. The molecule has 2 N–H and O–H groups in total. The molecule has 0 aliphatic heterocycles. The maximum absolute atomic E-state index is 12.9. The van der Waals surface area contributed by atoms with Gasteiger partial charge in [-0.3, -0.25) is 14.4 Å². The van der Waals surface area contributed by atoms with Crippen LogP contribution in [-0.2, 0) is 15.0 Å². The molecule has 0 spiro atoms. The second-order valence-corrected chi connectivity index (χ2v) is 10.1. The van der Waals surface area contributed by atoms with E-state index in [-0.39, 0.29) is 23.7 Å². The first-order valence-corrected chi connectivity index (χ1v) is 12.8. The van der Waals surface area contributed by atoms with Crippen LogP contribution < -0.4 is 10.1 Å². The van der Waals surface area contributed by atoms with Gasteiger partial charge in [0.15, 0.2) is 5.78 Å². The first-order valence-electron chi connectivity index (χ1n) is 12.4. The summed E-state index contributed by atoms with van der Waals surface area (Å²) in [6.45, 7) is 0.458. The van der Waals surface area contributed by atoms with Crippen LogP contribution in [0.3, 0.4) is 0 Å². The number of amides is 1. The van der Waals surface area contributed by atoms with Crippen LogP contribution in [0.1, 0.15) is 73.7 Å². The summed E-state index contributed by atoms with van der Waals surface area (Å²) in [5.74, 6) is -0.242. The van der Waals surface area contributed by atoms with Crippen LogP contribution in [0.2, 0.25) is 5.02 Å². The van der Waals surface area contributed by atoms with E-state index in [2.05, 4.69) is 5.32 Å². The van der Waals surface area contributed by atoms with Crippen molar-refractivity contribution in [2.24, 2.45) is 5.92 Å². The number of carboxylic acid groups (broad SMARTS) is 1. The number of nitrogens with one attached hydrogen (secondary N) is 1. The van der Waals surface area contributed by atoms with E-state index >= 15 is 0 Å². The van der Waals surface area contributed by atoms with Gasteiger partial charge in [0, 0.05) is 23.6 Å². The molecule has 4 rings (SSSR count). The Kier molecular flexibility index (Phi) is 8.11. The first-order chi connectivity index (χ1) is 16.9. The number of rotatable bonds is 10. The van der Waals surface area contributed by atoms with Gasteiger partial charge in [0.05, 0.1) is 17.4 Å². The van der Waals surface area contributed by atoms with E-state index < -0.39 is 11.4 Å². The average molecular weight is 498 g/mol. The van der Waals surface area contributed by atoms with Crippen LogP contribution in [0.25, 0.3) is 0 Å². The lowest BCUT2D eigenvalue weighted by Crippen LogP contribution is -2.49. The second kappa shape index (κ2) is 11.3. The summed E-state index contributed by atoms with van der Waals surface area (Å²) in [6.07, 6.45) is 6.34. The van der Waals surface area contributed by atoms with Crippen molar-refractivity contribution >= 4 is 29.3 Å². The number of carboxylic acids is 1. The molecule has 186 valence electrons. The third-order valence-electron chi connectivity index (χ3n) is 7.41. The Morgan fingerprint density at radius 1 is 0.971 bits per heavy atom. The van der Waals surface area contributed by atoms with Crippen LogP contribution in [0, 0.1) is 5.92 Å². The van der Waals surface area contributed by atoms with Crippen molar-refractivity contribution in [1.82, 2.24) is 5.32 Å². The molecular weight excluding hydrogens is 466 g/mol. The molecule has 0 unspecified atom stereocenters. The van der Waals surface area contributed by atoms with Gasteiger partial charge in [-0.1, -0.05) is 30.2 Å². The van der Waals surface area contributed by atoms with E-state index in [4.69, 9.17) is 21.4 Å². The van der Waals surface area contributed by atoms with Crippen molar-refractivity contribution in [3.63, 3.8) is 0 Å². The number of ketones is 1. The van der Waals surface area contributed by atoms with Gasteiger partial charge in [-0.15, -0.1) is 0 Å². The molecular formula is C28H32ClNO5. The highest BCUT2D eigenvalue weighted by Gasteiger charge is 2.45. The summed E-state index contributed by atoms with van der Waals surface area (Å²) in [6, 6.07) is 14.6. The fourth-order valence-corrected chi connectivity index (χ4v) is 5.18. The highest BCUT2D eigenvalue weighted by Crippen LogP contribution is 2.44. The number of ether oxygens (including phenoxy) is 1. The molecule has 0 bridgehead atoms. The Hall–Kier alpha value is -2.86. The Bertz CT molecular complexity index is 1040. The van der Waals surface area contributed by atoms with E-state index in [1.165, 1.54) is 0 Å². The van der Waals surface area contributed by atoms with Gasteiger partial charge in [0.2, 0.25) is 5.91 Å². The fourth-order valence-electron chi connectivity index (χ4n) is 5.05. The number of carbonyl (C=O) groups excluding carboxylic acids is 2. The summed E-state index contributed by atoms with van der Waals surface area (Å²) in [5, 5.41) is 12.8. The van der Waals surface area contributed by atoms with Crippen LogP contribution in [0.5, 0.6) is 5.75 Å². The van der Waals surface area contributed by atoms with E-state index in [1.54, 1.807) is 24.3 Å². The minimum Gasteiger partial charge on any atom is -0.490 e. The summed E-state index contributed by atoms with van der Waals surface area (Å²) in [4.78, 5) is 36.6. The SMILES string of the molecule is O=C(CCCNC(=O)C1(c2ccc(Cl)cc2)CCC1)c1ccc(OC2CCC(C(=O)O)CC2)cc1. The topological polar surface area (TPSA) is 92.7 Å². The summed E-state index contributed by atoms with van der Waals surface area (Å²) >= 11 is 5.99. The number of carbonyl (C=O) groups is 3. The number of hydrogen-bond donors (Lipinski definition) is 2. The van der Waals surface area contributed by atoms with Crippen molar-refractivity contribution in [1.29, 1.82) is 0 Å². The molecule has 2 aliphatic rings. The van der Waals surface area contributed by atoms with Crippen LogP contribution in [0.4, 0.5) is 0 Å². The number of hydrogen-bond acceptors (Lipinski definition) is 4. The number of aliphatic carboxylic acids is 1. The molecule has 6 nitrogen and oxygen atoms in total. The molecule has 0 aromatic heterocycles. The molecule has 7 heteroatoms. The van der Waals surface area contributed by atoms with E-state index in [1.807, 2.05) is 24.3 Å². The molecule has 1 amide bonds. The zero-order valence-electron chi connectivity index (χ0n) is 19.8. The average Bonchev–Trinajstić information content (AvgIpc) is 2.83. The number of Topliss-reactive ketones (excluding diaryl/α,β-unsaturated/α-hetero) is 1. The number of benzene rings is 2. The molecule has 0 heterocycles. The summed E-state index contributed by atoms with van der Waals surface area (Å²) in [5.41, 5.74) is 1.14. The molecule has 2 aliphatic carbocycles. The van der Waals surface area contributed by atoms with Crippen molar-refractivity contribution in [2.45, 2.75) is 69.3 Å². The molecule has 35 heavy (non-hydrogen) atoms. The van der Waals surface area contributed by atoms with E-state index in [0.717, 1.165) is 37.7 Å². The highest BCUT2D eigenvalue weighted by atomic mass is 35.5. The molecule has 2 aromatic carbocycles. The van der Waals surface area contributed by atoms with E-state index in [9.17, 15) is 14.4 Å². The Morgan fingerprint density at radius 3 is 2.20 bits per heavy atom. The van der Waals surface area contributed by atoms with Crippen LogP contribution in [0.15, 0.2) is 48.5 Å². The lowest BCUT2D eigenvalue weighted by molar-refractivity contribution is -0.143. The fraction of sp³-hybridized carbons (Fsp3) is 0.464. The third-order valence-corrected chi connectivity index (χ3v) is 7.66. The summed E-state index contributed by atoms with van der Waals surface area (Å²) in [7, 11) is 0. The lowest BCUT2D eigenvalue weighted by Gasteiger charge is -2.40. The molecule has 2 fully saturated rings. The monoisotopic (exact) mass is 497 g/mol. The third kappa shape index (κ3) is 6.04. The summed E-state index contributed by atoms with van der Waals surface area (Å²) < 4.78 is 5.97. The quantitative estimate of drug-likeness (QED) is 0.331. The zero-order chi connectivity index (χ0) is 24.8. The van der Waals surface area contributed by atoms with Crippen LogP contribution in [-0.4, -0.2) is 35.4 Å². The molecule has 0 saturated heterocycles. The second-order valence-electron chi connectivity index (χ2n) is 9.68. The lowest BCUT2D eigenvalue weighted by atomic mass is 9.64. The van der Waals surface area contributed by atoms with Crippen molar-refractivity contribution in [3.8, 4) is 5.75 Å². The highest BCUT2D eigenvalue weighted by molar-refractivity contribution is 6.30. The van der Waals surface area contributed by atoms with Crippen molar-refractivity contribution < 1.29 is 24.2 Å². The molecule has 2 saturated carbocycles. The van der Waals surface area contributed by atoms with Gasteiger partial charge in [-0.05, 0) is 86.9 Å². The maximum atomic E-state index is 12.9. The van der Waals surface area contributed by atoms with Gasteiger partial charge in [-0.2, -0.15) is 0 Å². The van der Waals surface area contributed by atoms with Gasteiger partial charge >= 0.3 is 5.97 Å². The predicted molar refractivity (Wildman–Crippen MR) is 134 cm³/mol. The van der Waals surface area contributed by atoms with Gasteiger partial charge in [0.25, 0.3) is 0 Å². The van der Waals surface area contributed by atoms with Crippen molar-refractivity contribution in [3.05, 3.63) is 64.7 Å². The van der Waals surface area contributed by atoms with Gasteiger partial charge < -0.3 is 15.2 Å². The first kappa shape index (κ1) is 25.2. The Balaban J connectivity index is 1.20. The largest absolute Gasteiger partial charge is 0.490 e. The minimum atomic E-state index is -0.727. The van der Waals surface area contributed by atoms with E-state index in [0.29, 0.717) is 48.6 Å². The Morgan fingerprint density at radius 2 is 1.63 bits per heavy atom. The van der Waals surface area contributed by atoms with Gasteiger partial charge in [-0.25, -0.2) is 0 Å². The van der Waals surface area contributed by atoms with Crippen LogP contribution >= 0.6 is 11.6 Å². The minimum absolute atomic E-state index is 0.0163. The predicted octanol–water partition coefficient (Wildman–Crippen LogP) is 5.56. The normalized spacial score (nSPS) is 20.9. The van der Waals surface area contributed by atoms with Crippen molar-refractivity contribution in [2.75, 3.05) is 6.54 Å². The number of halogens is 1.